The lowest BCUT2D eigenvalue weighted by atomic mass is 9.89. The number of aromatic nitrogens is 6. The van der Waals surface area contributed by atoms with Gasteiger partial charge in [-0.25, -0.2) is 29.9 Å². The van der Waals surface area contributed by atoms with E-state index in [-0.39, 0.29) is 0 Å². The van der Waals surface area contributed by atoms with Crippen LogP contribution in [0.4, 0.5) is 0 Å². The molecule has 0 spiro atoms. The van der Waals surface area contributed by atoms with E-state index in [9.17, 15) is 0 Å². The van der Waals surface area contributed by atoms with E-state index >= 15 is 0 Å². The van der Waals surface area contributed by atoms with E-state index in [1.807, 2.05) is 78.1 Å². The average Bonchev–Trinajstić information content (AvgIpc) is 1.03. The first-order chi connectivity index (χ1) is 55.5. The lowest BCUT2D eigenvalue weighted by molar-refractivity contribution is 0.669. The Hall–Kier alpha value is -14.4. The second-order valence-electron chi connectivity index (χ2n) is 29.0. The zero-order valence-electron chi connectivity index (χ0n) is 59.6. The lowest BCUT2D eigenvalue weighted by Gasteiger charge is -2.14. The van der Waals surface area contributed by atoms with Crippen molar-refractivity contribution in [2.75, 3.05) is 0 Å². The Kier molecular flexibility index (Phi) is 13.7. The van der Waals surface area contributed by atoms with Gasteiger partial charge in [0, 0.05) is 101 Å². The minimum absolute atomic E-state index is 0.560. The van der Waals surface area contributed by atoms with Crippen LogP contribution in [0.25, 0.3) is 251 Å². The van der Waals surface area contributed by atoms with Crippen LogP contribution in [0.3, 0.4) is 0 Å². The summed E-state index contributed by atoms with van der Waals surface area (Å²) in [5.74, 6) is 3.55. The molecule has 0 aliphatic heterocycles. The van der Waals surface area contributed by atoms with Gasteiger partial charge >= 0.3 is 0 Å². The third-order valence-corrected chi connectivity index (χ3v) is 25.1. The molecular formula is C102H56N6O2S2. The summed E-state index contributed by atoms with van der Waals surface area (Å²) < 4.78 is 18.1. The maximum absolute atomic E-state index is 7.03. The van der Waals surface area contributed by atoms with Crippen LogP contribution in [0, 0.1) is 0 Å². The molecule has 0 bridgehead atoms. The highest BCUT2D eigenvalue weighted by Gasteiger charge is 2.25. The molecule has 6 aromatic heterocycles. The van der Waals surface area contributed by atoms with Crippen molar-refractivity contribution in [2.45, 2.75) is 0 Å². The van der Waals surface area contributed by atoms with E-state index in [1.54, 1.807) is 11.3 Å². The molecule has 0 radical (unpaired) electrons. The molecule has 0 fully saturated rings. The van der Waals surface area contributed by atoms with E-state index in [2.05, 4.69) is 273 Å². The zero-order valence-corrected chi connectivity index (χ0v) is 61.3. The first-order valence-corrected chi connectivity index (χ1v) is 39.2. The molecule has 112 heavy (non-hydrogen) atoms. The van der Waals surface area contributed by atoms with Crippen molar-refractivity contribution in [1.82, 2.24) is 29.9 Å². The number of hydrogen-bond acceptors (Lipinski definition) is 10. The first kappa shape index (κ1) is 62.6. The molecule has 0 saturated heterocycles. The molecule has 518 valence electrons. The third-order valence-electron chi connectivity index (χ3n) is 22.8. The Bertz CT molecular complexity index is 8130. The van der Waals surface area contributed by atoms with Gasteiger partial charge in [0.2, 0.25) is 0 Å². The molecule has 18 aromatic carbocycles. The van der Waals surface area contributed by atoms with Crippen molar-refractivity contribution >= 4 is 172 Å². The smallest absolute Gasteiger partial charge is 0.164 e. The molecule has 0 saturated carbocycles. The molecule has 0 aliphatic carbocycles. The van der Waals surface area contributed by atoms with Crippen molar-refractivity contribution < 1.29 is 8.83 Å². The summed E-state index contributed by atoms with van der Waals surface area (Å²) in [6.07, 6.45) is 0. The second-order valence-corrected chi connectivity index (χ2v) is 31.1. The number of hydrogen-bond donors (Lipinski definition) is 0. The fourth-order valence-electron chi connectivity index (χ4n) is 17.6. The SMILES string of the molecule is c1ccc(-c2nc(-c3ccc4c(c3)sc3cccc(-c5ccc6c7ccccc7c7ccc(-c8cccc9c8sc8cccc(-c%10nc(-c%11ccccc%11)nc(-c%11ccc%12c(c%11)oc%11c(-c%13ccc%14c%15ccccc%15c%15ccccc%15c%14c%13)cccc%11%12)n%10)c89)cc7c6c5)c34)nc(-c3cccc4oc5ccccc5c34)n2)cc1. The van der Waals surface area contributed by atoms with Crippen molar-refractivity contribution in [3.8, 4) is 102 Å². The Labute approximate surface area is 647 Å². The van der Waals surface area contributed by atoms with Gasteiger partial charge in [-0.15, -0.1) is 22.7 Å². The molecule has 24 aromatic rings. The summed E-state index contributed by atoms with van der Waals surface area (Å²) in [6.45, 7) is 0. The summed E-state index contributed by atoms with van der Waals surface area (Å²) in [5, 5.41) is 23.4. The van der Waals surface area contributed by atoms with E-state index in [1.165, 1.54) is 90.4 Å². The van der Waals surface area contributed by atoms with Gasteiger partial charge in [-0.1, -0.05) is 279 Å². The minimum atomic E-state index is 0.560. The van der Waals surface area contributed by atoms with Crippen molar-refractivity contribution in [2.24, 2.45) is 0 Å². The van der Waals surface area contributed by atoms with Gasteiger partial charge in [0.25, 0.3) is 0 Å². The molecule has 0 unspecified atom stereocenters. The summed E-state index contributed by atoms with van der Waals surface area (Å²) in [5.41, 5.74) is 15.4. The predicted molar refractivity (Wildman–Crippen MR) is 468 cm³/mol. The van der Waals surface area contributed by atoms with Gasteiger partial charge in [0.15, 0.2) is 34.9 Å². The number of rotatable bonds is 9. The average molecular weight is 1460 g/mol. The molecule has 24 rings (SSSR count). The van der Waals surface area contributed by atoms with Gasteiger partial charge in [-0.2, -0.15) is 0 Å². The highest BCUT2D eigenvalue weighted by Crippen LogP contribution is 2.49. The van der Waals surface area contributed by atoms with Crippen molar-refractivity contribution in [3.63, 3.8) is 0 Å². The predicted octanol–water partition coefficient (Wildman–Crippen LogP) is 28.5. The zero-order chi connectivity index (χ0) is 73.2. The topological polar surface area (TPSA) is 104 Å². The number of fused-ring (bicyclic) bond motifs is 24. The fourth-order valence-corrected chi connectivity index (χ4v) is 20.1. The standard InChI is InChI=1S/C102H56N6O2S2/c1-3-20-57(21-4-1)97-103-99(62-45-50-76-77-34-15-32-65(95(77)110-88(76)55-62)60-43-48-73-69-26-8-7-24-67(69)68-25-11-12-29-72(68)83(73)53-60)107-102(106-97)82-37-19-41-90-94(82)80-35-16-33-66(96(80)112-90)61-44-49-75-71-28-10-9-27-70(71)74-47-42-59(52-84(74)85(75)54-61)64-31-18-40-89-93(64)79-51-46-63(56-91(79)111-89)100-104-98(58-22-5-2-6-23-58)105-101(108-100)81-36-17-39-87-92(81)78-30-13-14-38-86(78)109-87/h1-56H. The molecule has 8 nitrogen and oxygen atoms in total. The van der Waals surface area contributed by atoms with Crippen LogP contribution < -0.4 is 0 Å². The Morgan fingerprint density at radius 3 is 1.17 bits per heavy atom. The van der Waals surface area contributed by atoms with Crippen LogP contribution in [0.2, 0.25) is 0 Å². The fraction of sp³-hybridized carbons (Fsp3) is 0. The van der Waals surface area contributed by atoms with Crippen molar-refractivity contribution in [3.05, 3.63) is 340 Å². The minimum Gasteiger partial charge on any atom is -0.456 e. The van der Waals surface area contributed by atoms with Gasteiger partial charge in [-0.05, 0) is 153 Å². The highest BCUT2D eigenvalue weighted by atomic mass is 32.1. The van der Waals surface area contributed by atoms with Gasteiger partial charge in [0.05, 0.1) is 0 Å². The molecule has 0 atom stereocenters. The van der Waals surface area contributed by atoms with Gasteiger partial charge < -0.3 is 8.83 Å². The third kappa shape index (κ3) is 9.72. The van der Waals surface area contributed by atoms with Crippen LogP contribution in [0.15, 0.2) is 349 Å². The molecule has 10 heteroatoms. The van der Waals surface area contributed by atoms with Crippen LogP contribution >= 0.6 is 22.7 Å². The van der Waals surface area contributed by atoms with E-state index in [4.69, 9.17) is 38.7 Å². The number of thiophene rings is 2. The summed E-state index contributed by atoms with van der Waals surface area (Å²) in [6, 6.07) is 122. The van der Waals surface area contributed by atoms with E-state index in [0.29, 0.717) is 34.9 Å². The second kappa shape index (κ2) is 24.5. The summed E-state index contributed by atoms with van der Waals surface area (Å²) in [7, 11) is 0. The molecule has 0 aliphatic rings. The normalized spacial score (nSPS) is 12.1. The van der Waals surface area contributed by atoms with Crippen LogP contribution in [-0.4, -0.2) is 29.9 Å². The van der Waals surface area contributed by atoms with E-state index < -0.39 is 0 Å². The summed E-state index contributed by atoms with van der Waals surface area (Å²) in [4.78, 5) is 31.7. The largest absolute Gasteiger partial charge is 0.456 e. The highest BCUT2D eigenvalue weighted by molar-refractivity contribution is 7.26. The molecule has 0 amide bonds. The number of para-hydroxylation sites is 2. The Morgan fingerprint density at radius 2 is 0.562 bits per heavy atom. The number of benzene rings is 18. The number of nitrogens with zero attached hydrogens (tertiary/aromatic N) is 6. The van der Waals surface area contributed by atoms with Gasteiger partial charge in [-0.3, -0.25) is 0 Å². The molecule has 0 N–H and O–H groups in total. The maximum Gasteiger partial charge on any atom is 0.164 e. The number of furan rings is 2. The monoisotopic (exact) mass is 1460 g/mol. The van der Waals surface area contributed by atoms with Crippen molar-refractivity contribution in [1.29, 1.82) is 0 Å². The summed E-state index contributed by atoms with van der Waals surface area (Å²) >= 11 is 3.61. The quantitative estimate of drug-likeness (QED) is 0.132. The Balaban J connectivity index is 0.610. The molecule has 6 heterocycles. The van der Waals surface area contributed by atoms with Crippen LogP contribution in [0.1, 0.15) is 0 Å². The van der Waals surface area contributed by atoms with Gasteiger partial charge in [0.1, 0.15) is 22.3 Å². The van der Waals surface area contributed by atoms with Crippen LogP contribution in [0.5, 0.6) is 0 Å². The first-order valence-electron chi connectivity index (χ1n) is 37.6. The lowest BCUT2D eigenvalue weighted by Crippen LogP contribution is -2.00. The van der Waals surface area contributed by atoms with Crippen LogP contribution in [-0.2, 0) is 0 Å². The Morgan fingerprint density at radius 1 is 0.179 bits per heavy atom. The van der Waals surface area contributed by atoms with E-state index in [0.717, 1.165) is 125 Å². The maximum atomic E-state index is 7.03. The molecular weight excluding hydrogens is 1410 g/mol.